The summed E-state index contributed by atoms with van der Waals surface area (Å²) in [5.74, 6) is 0. The van der Waals surface area contributed by atoms with Crippen LogP contribution in [0.2, 0.25) is 0 Å². The van der Waals surface area contributed by atoms with Crippen molar-refractivity contribution in [1.82, 2.24) is 14.8 Å². The molecule has 0 amide bonds. The molecular weight excluding hydrogens is 344 g/mol. The van der Waals surface area contributed by atoms with Crippen LogP contribution in [0.25, 0.3) is 9.88 Å². The fourth-order valence-corrected chi connectivity index (χ4v) is 4.67. The molecule has 0 saturated heterocycles. The van der Waals surface area contributed by atoms with Gasteiger partial charge in [0.25, 0.3) is 0 Å². The smallest absolute Gasteiger partial charge is 0.208 e. The molecule has 1 aromatic carbocycles. The monoisotopic (exact) mass is 362 g/mol. The van der Waals surface area contributed by atoms with Gasteiger partial charge in [0.15, 0.2) is 8.96 Å². The number of hydrogen-bond acceptors (Lipinski definition) is 6. The van der Waals surface area contributed by atoms with Crippen molar-refractivity contribution in [2.75, 3.05) is 11.4 Å². The van der Waals surface area contributed by atoms with Crippen LogP contribution >= 0.6 is 34.9 Å². The van der Waals surface area contributed by atoms with Crippen LogP contribution in [0.5, 0.6) is 0 Å². The lowest BCUT2D eigenvalue weighted by molar-refractivity contribution is 0.815. The second-order valence-electron chi connectivity index (χ2n) is 5.23. The Balaban J connectivity index is 1.88. The number of nitrogens with zero attached hydrogens (tertiary/aromatic N) is 4. The summed E-state index contributed by atoms with van der Waals surface area (Å²) in [4.78, 5) is 3.37. The normalized spacial score (nSPS) is 10.9. The number of anilines is 1. The first-order valence-corrected chi connectivity index (χ1v) is 9.43. The molecule has 0 unspecified atom stereocenters. The predicted octanol–water partition coefficient (Wildman–Crippen LogP) is 4.67. The Morgan fingerprint density at radius 1 is 1.17 bits per heavy atom. The van der Waals surface area contributed by atoms with Crippen molar-refractivity contribution < 1.29 is 0 Å². The van der Waals surface area contributed by atoms with Crippen LogP contribution in [-0.4, -0.2) is 21.3 Å². The van der Waals surface area contributed by atoms with Crippen LogP contribution in [0.1, 0.15) is 18.2 Å². The van der Waals surface area contributed by atoms with Crippen molar-refractivity contribution in [3.63, 3.8) is 0 Å². The van der Waals surface area contributed by atoms with Crippen LogP contribution in [0, 0.1) is 10.9 Å². The van der Waals surface area contributed by atoms with Gasteiger partial charge in [-0.1, -0.05) is 41.7 Å². The van der Waals surface area contributed by atoms with E-state index in [0.29, 0.717) is 0 Å². The zero-order valence-electron chi connectivity index (χ0n) is 13.3. The Morgan fingerprint density at radius 2 is 1.91 bits per heavy atom. The first-order valence-electron chi connectivity index (χ1n) is 7.39. The molecule has 0 aliphatic heterocycles. The molecule has 0 radical (unpaired) electrons. The van der Waals surface area contributed by atoms with Crippen molar-refractivity contribution in [3.8, 4) is 9.88 Å². The Labute approximate surface area is 149 Å². The van der Waals surface area contributed by atoms with Gasteiger partial charge in [-0.05, 0) is 31.6 Å². The van der Waals surface area contributed by atoms with Gasteiger partial charge in [0.1, 0.15) is 0 Å². The maximum atomic E-state index is 5.36. The van der Waals surface area contributed by atoms with Crippen molar-refractivity contribution in [2.24, 2.45) is 7.05 Å². The molecule has 3 rings (SSSR count). The molecule has 0 saturated carbocycles. The van der Waals surface area contributed by atoms with Crippen molar-refractivity contribution in [2.45, 2.75) is 20.4 Å². The molecule has 0 spiro atoms. The van der Waals surface area contributed by atoms with E-state index in [1.165, 1.54) is 5.56 Å². The van der Waals surface area contributed by atoms with Crippen LogP contribution < -0.4 is 4.90 Å². The Hall–Kier alpha value is -1.57. The van der Waals surface area contributed by atoms with E-state index in [0.717, 1.165) is 37.8 Å². The van der Waals surface area contributed by atoms with E-state index in [2.05, 4.69) is 53.2 Å². The minimum atomic E-state index is 0.843. The van der Waals surface area contributed by atoms with Crippen molar-refractivity contribution >= 4 is 40.0 Å². The van der Waals surface area contributed by atoms with Crippen molar-refractivity contribution in [3.05, 3.63) is 45.5 Å². The summed E-state index contributed by atoms with van der Waals surface area (Å²) in [5, 5.41) is 10.7. The molecule has 4 nitrogen and oxygen atoms in total. The van der Waals surface area contributed by atoms with Gasteiger partial charge in [-0.25, -0.2) is 0 Å². The topological polar surface area (TPSA) is 34.0 Å². The molecule has 0 N–H and O–H groups in total. The highest BCUT2D eigenvalue weighted by molar-refractivity contribution is 7.73. The van der Waals surface area contributed by atoms with E-state index >= 15 is 0 Å². The quantitative estimate of drug-likeness (QED) is 0.618. The van der Waals surface area contributed by atoms with Gasteiger partial charge < -0.3 is 9.47 Å². The largest absolute Gasteiger partial charge is 0.343 e. The molecule has 0 atom stereocenters. The molecule has 0 fully saturated rings. The highest BCUT2D eigenvalue weighted by Gasteiger charge is 2.16. The van der Waals surface area contributed by atoms with Gasteiger partial charge in [-0.3, -0.25) is 0 Å². The first kappa shape index (κ1) is 16.3. The zero-order valence-corrected chi connectivity index (χ0v) is 15.8. The second kappa shape index (κ2) is 6.90. The number of aromatic nitrogens is 3. The minimum Gasteiger partial charge on any atom is -0.343 e. The van der Waals surface area contributed by atoms with Gasteiger partial charge in [0.2, 0.25) is 5.13 Å². The third-order valence-electron chi connectivity index (χ3n) is 3.77. The number of benzene rings is 1. The highest BCUT2D eigenvalue weighted by Crippen LogP contribution is 2.35. The molecule has 2 aromatic heterocycles. The van der Waals surface area contributed by atoms with E-state index < -0.39 is 0 Å². The zero-order chi connectivity index (χ0) is 16.4. The van der Waals surface area contributed by atoms with E-state index in [1.807, 2.05) is 17.7 Å². The fourth-order valence-electron chi connectivity index (χ4n) is 2.27. The Kier molecular flexibility index (Phi) is 4.89. The third-order valence-corrected chi connectivity index (χ3v) is 6.57. The first-order chi connectivity index (χ1) is 11.1. The van der Waals surface area contributed by atoms with Crippen LogP contribution in [0.15, 0.2) is 30.3 Å². The van der Waals surface area contributed by atoms with Crippen molar-refractivity contribution in [1.29, 1.82) is 0 Å². The molecule has 2 heterocycles. The van der Waals surface area contributed by atoms with E-state index in [9.17, 15) is 0 Å². The molecular formula is C16H18N4S3. The Morgan fingerprint density at radius 3 is 2.52 bits per heavy atom. The summed E-state index contributed by atoms with van der Waals surface area (Å²) in [6.07, 6.45) is 0. The van der Waals surface area contributed by atoms with E-state index in [1.54, 1.807) is 22.7 Å². The number of rotatable bonds is 5. The molecule has 23 heavy (non-hydrogen) atoms. The average molecular weight is 363 g/mol. The second-order valence-corrected chi connectivity index (χ2v) is 7.83. The highest BCUT2D eigenvalue weighted by atomic mass is 32.1. The van der Waals surface area contributed by atoms with Gasteiger partial charge >= 0.3 is 0 Å². The molecule has 0 aliphatic rings. The van der Waals surface area contributed by atoms with Gasteiger partial charge in [-0.2, -0.15) is 0 Å². The molecule has 3 aromatic rings. The minimum absolute atomic E-state index is 0.843. The van der Waals surface area contributed by atoms with E-state index in [4.69, 9.17) is 12.2 Å². The number of hydrogen-bond donors (Lipinski definition) is 0. The lowest BCUT2D eigenvalue weighted by atomic mass is 10.2. The van der Waals surface area contributed by atoms with Gasteiger partial charge in [-0.15, -0.1) is 21.5 Å². The standard InChI is InChI=1S/C16H18N4S3/c1-4-20(10-12-8-6-5-7-9-12)15-18-17-14(23-15)13-11(2)19(3)16(21)22-13/h5-9H,4,10H2,1-3H3. The average Bonchev–Trinajstić information content (AvgIpc) is 3.14. The summed E-state index contributed by atoms with van der Waals surface area (Å²) in [6.45, 7) is 5.95. The summed E-state index contributed by atoms with van der Waals surface area (Å²) < 4.78 is 2.89. The summed E-state index contributed by atoms with van der Waals surface area (Å²) in [6, 6.07) is 10.4. The van der Waals surface area contributed by atoms with Gasteiger partial charge in [0.05, 0.1) is 4.88 Å². The molecule has 7 heteroatoms. The molecule has 120 valence electrons. The summed E-state index contributed by atoms with van der Waals surface area (Å²) in [5.41, 5.74) is 2.42. The SMILES string of the molecule is CCN(Cc1ccccc1)c1nnc(-c2sc(=S)n(C)c2C)s1. The van der Waals surface area contributed by atoms with Crippen LogP contribution in [-0.2, 0) is 13.6 Å². The molecule has 0 aliphatic carbocycles. The van der Waals surface area contributed by atoms with Crippen LogP contribution in [0.4, 0.5) is 5.13 Å². The maximum absolute atomic E-state index is 5.36. The fraction of sp³-hybridized carbons (Fsp3) is 0.312. The lowest BCUT2D eigenvalue weighted by Crippen LogP contribution is -2.21. The maximum Gasteiger partial charge on any atom is 0.208 e. The predicted molar refractivity (Wildman–Crippen MR) is 101 cm³/mol. The third kappa shape index (κ3) is 3.36. The van der Waals surface area contributed by atoms with Gasteiger partial charge in [0, 0.05) is 25.8 Å². The summed E-state index contributed by atoms with van der Waals surface area (Å²) >= 11 is 8.58. The summed E-state index contributed by atoms with van der Waals surface area (Å²) in [7, 11) is 1.99. The Bertz CT molecular complexity index is 848. The molecule has 0 bridgehead atoms. The lowest BCUT2D eigenvalue weighted by Gasteiger charge is -2.18. The number of thiazole rings is 1. The van der Waals surface area contributed by atoms with E-state index in [-0.39, 0.29) is 0 Å². The van der Waals surface area contributed by atoms with Crippen LogP contribution in [0.3, 0.4) is 0 Å².